The van der Waals surface area contributed by atoms with Gasteiger partial charge in [-0.1, -0.05) is 0 Å². The van der Waals surface area contributed by atoms with Crippen molar-refractivity contribution in [2.75, 3.05) is 5.32 Å². The van der Waals surface area contributed by atoms with E-state index in [4.69, 9.17) is 10.5 Å². The summed E-state index contributed by atoms with van der Waals surface area (Å²) in [5.74, 6) is 0. The summed E-state index contributed by atoms with van der Waals surface area (Å²) in [6, 6.07) is 3.91. The third-order valence-electron chi connectivity index (χ3n) is 2.34. The predicted octanol–water partition coefficient (Wildman–Crippen LogP) is 3.41. The van der Waals surface area contributed by atoms with Crippen molar-refractivity contribution in [3.05, 3.63) is 26.8 Å². The van der Waals surface area contributed by atoms with E-state index in [0.29, 0.717) is 6.54 Å². The highest BCUT2D eigenvalue weighted by atomic mass is 127. The van der Waals surface area contributed by atoms with Crippen LogP contribution in [0, 0.1) is 10.5 Å². The smallest absolute Gasteiger partial charge is 0.412 e. The number of amides is 1. The second kappa shape index (κ2) is 5.88. The van der Waals surface area contributed by atoms with Crippen LogP contribution in [0.5, 0.6) is 0 Å². The number of anilines is 1. The zero-order valence-electron chi connectivity index (χ0n) is 11.1. The minimum absolute atomic E-state index is 0.449. The Morgan fingerprint density at radius 3 is 2.56 bits per heavy atom. The molecule has 0 unspecified atom stereocenters. The summed E-state index contributed by atoms with van der Waals surface area (Å²) in [7, 11) is 0. The standard InChI is InChI=1S/C13H19IN2O2/c1-8-9(7-15)5-10(14)6-11(8)16-12(17)18-13(2,3)4/h5-6H,7,15H2,1-4H3,(H,16,17). The number of ether oxygens (including phenoxy) is 1. The normalized spacial score (nSPS) is 11.2. The average molecular weight is 362 g/mol. The second-order valence-corrected chi connectivity index (χ2v) is 6.31. The van der Waals surface area contributed by atoms with Crippen molar-refractivity contribution in [2.24, 2.45) is 5.73 Å². The maximum atomic E-state index is 11.7. The lowest BCUT2D eigenvalue weighted by Crippen LogP contribution is -2.27. The Balaban J connectivity index is 2.91. The summed E-state index contributed by atoms with van der Waals surface area (Å²) in [4.78, 5) is 11.7. The van der Waals surface area contributed by atoms with Gasteiger partial charge in [0.05, 0.1) is 0 Å². The van der Waals surface area contributed by atoms with Crippen molar-refractivity contribution in [1.82, 2.24) is 0 Å². The third kappa shape index (κ3) is 4.45. The largest absolute Gasteiger partial charge is 0.444 e. The summed E-state index contributed by atoms with van der Waals surface area (Å²) in [5.41, 5.74) is 7.91. The molecule has 0 saturated carbocycles. The van der Waals surface area contributed by atoms with Crippen LogP contribution in [-0.4, -0.2) is 11.7 Å². The van der Waals surface area contributed by atoms with Gasteiger partial charge >= 0.3 is 6.09 Å². The minimum atomic E-state index is -0.503. The van der Waals surface area contributed by atoms with Crippen molar-refractivity contribution < 1.29 is 9.53 Å². The molecule has 0 saturated heterocycles. The van der Waals surface area contributed by atoms with Crippen LogP contribution in [0.2, 0.25) is 0 Å². The first-order valence-corrected chi connectivity index (χ1v) is 6.80. The van der Waals surface area contributed by atoms with Crippen LogP contribution < -0.4 is 11.1 Å². The fraction of sp³-hybridized carbons (Fsp3) is 0.462. The molecule has 1 aromatic rings. The number of rotatable bonds is 2. The molecule has 4 nitrogen and oxygen atoms in total. The van der Waals surface area contributed by atoms with Crippen LogP contribution in [0.4, 0.5) is 10.5 Å². The lowest BCUT2D eigenvalue weighted by molar-refractivity contribution is 0.0636. The van der Waals surface area contributed by atoms with E-state index in [-0.39, 0.29) is 0 Å². The summed E-state index contributed by atoms with van der Waals surface area (Å²) in [5, 5.41) is 2.76. The van der Waals surface area contributed by atoms with E-state index in [1.807, 2.05) is 39.8 Å². The number of carbonyl (C=O) groups excluding carboxylic acids is 1. The number of carbonyl (C=O) groups is 1. The van der Waals surface area contributed by atoms with Crippen LogP contribution in [0.1, 0.15) is 31.9 Å². The first-order valence-electron chi connectivity index (χ1n) is 5.72. The van der Waals surface area contributed by atoms with Crippen LogP contribution >= 0.6 is 22.6 Å². The highest BCUT2D eigenvalue weighted by Crippen LogP contribution is 2.23. The van der Waals surface area contributed by atoms with Gasteiger partial charge in [0, 0.05) is 15.8 Å². The zero-order chi connectivity index (χ0) is 13.9. The van der Waals surface area contributed by atoms with Gasteiger partial charge in [0.15, 0.2) is 0 Å². The molecular weight excluding hydrogens is 343 g/mol. The topological polar surface area (TPSA) is 64.3 Å². The molecule has 0 atom stereocenters. The molecule has 0 aromatic heterocycles. The van der Waals surface area contributed by atoms with Gasteiger partial charge in [-0.2, -0.15) is 0 Å². The van der Waals surface area contributed by atoms with E-state index in [1.54, 1.807) is 0 Å². The molecule has 5 heteroatoms. The molecule has 0 heterocycles. The molecule has 1 amide bonds. The van der Waals surface area contributed by atoms with Crippen LogP contribution in [0.15, 0.2) is 12.1 Å². The number of nitrogens with one attached hydrogen (secondary N) is 1. The maximum absolute atomic E-state index is 11.7. The molecule has 3 N–H and O–H groups in total. The van der Waals surface area contributed by atoms with Crippen molar-refractivity contribution in [1.29, 1.82) is 0 Å². The maximum Gasteiger partial charge on any atom is 0.412 e. The third-order valence-corrected chi connectivity index (χ3v) is 2.96. The minimum Gasteiger partial charge on any atom is -0.444 e. The lowest BCUT2D eigenvalue weighted by Gasteiger charge is -2.20. The molecule has 0 aliphatic heterocycles. The van der Waals surface area contributed by atoms with Gasteiger partial charge in [0.1, 0.15) is 5.60 Å². The molecule has 0 bridgehead atoms. The quantitative estimate of drug-likeness (QED) is 0.793. The molecule has 0 spiro atoms. The average Bonchev–Trinajstić information content (AvgIpc) is 2.20. The number of hydrogen-bond donors (Lipinski definition) is 2. The molecule has 0 aliphatic carbocycles. The Bertz CT molecular complexity index is 453. The molecule has 1 rings (SSSR count). The molecular formula is C13H19IN2O2. The zero-order valence-corrected chi connectivity index (χ0v) is 13.3. The number of benzene rings is 1. The summed E-state index contributed by atoms with van der Waals surface area (Å²) in [6.07, 6.45) is -0.449. The number of halogens is 1. The van der Waals surface area contributed by atoms with Gasteiger partial charge in [-0.3, -0.25) is 5.32 Å². The lowest BCUT2D eigenvalue weighted by atomic mass is 10.1. The number of nitrogens with two attached hydrogens (primary N) is 1. The summed E-state index contributed by atoms with van der Waals surface area (Å²) < 4.78 is 6.26. The van der Waals surface area contributed by atoms with Gasteiger partial charge < -0.3 is 10.5 Å². The molecule has 18 heavy (non-hydrogen) atoms. The van der Waals surface area contributed by atoms with Crippen molar-refractivity contribution in [2.45, 2.75) is 39.8 Å². The van der Waals surface area contributed by atoms with E-state index in [1.165, 1.54) is 0 Å². The van der Waals surface area contributed by atoms with Gasteiger partial charge in [-0.25, -0.2) is 4.79 Å². The molecule has 1 aromatic carbocycles. The molecule has 0 aliphatic rings. The van der Waals surface area contributed by atoms with E-state index >= 15 is 0 Å². The Labute approximate surface area is 121 Å². The Hall–Kier alpha value is -0.820. The highest BCUT2D eigenvalue weighted by molar-refractivity contribution is 14.1. The second-order valence-electron chi connectivity index (χ2n) is 5.07. The number of hydrogen-bond acceptors (Lipinski definition) is 3. The first kappa shape index (κ1) is 15.2. The van der Waals surface area contributed by atoms with Crippen molar-refractivity contribution in [3.63, 3.8) is 0 Å². The van der Waals surface area contributed by atoms with Crippen LogP contribution in [0.25, 0.3) is 0 Å². The Morgan fingerprint density at radius 2 is 2.06 bits per heavy atom. The van der Waals surface area contributed by atoms with Gasteiger partial charge in [0.25, 0.3) is 0 Å². The van der Waals surface area contributed by atoms with E-state index in [9.17, 15) is 4.79 Å². The highest BCUT2D eigenvalue weighted by Gasteiger charge is 2.17. The van der Waals surface area contributed by atoms with Crippen molar-refractivity contribution in [3.8, 4) is 0 Å². The fourth-order valence-corrected chi connectivity index (χ4v) is 2.18. The van der Waals surface area contributed by atoms with Gasteiger partial charge in [0.2, 0.25) is 0 Å². The predicted molar refractivity (Wildman–Crippen MR) is 81.6 cm³/mol. The van der Waals surface area contributed by atoms with E-state index in [0.717, 1.165) is 20.4 Å². The molecule has 100 valence electrons. The van der Waals surface area contributed by atoms with Crippen molar-refractivity contribution >= 4 is 34.4 Å². The summed E-state index contributed by atoms with van der Waals surface area (Å²) >= 11 is 2.20. The van der Waals surface area contributed by atoms with Crippen LogP contribution in [-0.2, 0) is 11.3 Å². The Morgan fingerprint density at radius 1 is 1.44 bits per heavy atom. The molecule has 0 radical (unpaired) electrons. The van der Waals surface area contributed by atoms with Gasteiger partial charge in [-0.15, -0.1) is 0 Å². The fourth-order valence-electron chi connectivity index (χ4n) is 1.49. The van der Waals surface area contributed by atoms with Crippen LogP contribution in [0.3, 0.4) is 0 Å². The summed E-state index contributed by atoms with van der Waals surface area (Å²) in [6.45, 7) is 7.88. The van der Waals surface area contributed by atoms with E-state index < -0.39 is 11.7 Å². The first-order chi connectivity index (χ1) is 8.23. The monoisotopic (exact) mass is 362 g/mol. The van der Waals surface area contributed by atoms with Gasteiger partial charge in [-0.05, 0) is 73.5 Å². The Kier molecular flexibility index (Phi) is 4.98. The van der Waals surface area contributed by atoms with E-state index in [2.05, 4.69) is 27.9 Å². The molecule has 0 fully saturated rings. The SMILES string of the molecule is Cc1c(CN)cc(I)cc1NC(=O)OC(C)(C)C.